The van der Waals surface area contributed by atoms with Crippen LogP contribution in [0.4, 0.5) is 11.9 Å². The molecule has 142 valence electrons. The Morgan fingerprint density at radius 1 is 0.923 bits per heavy atom. The number of morpholine rings is 2. The fourth-order valence-corrected chi connectivity index (χ4v) is 4.91. The van der Waals surface area contributed by atoms with Crippen molar-refractivity contribution in [3.63, 3.8) is 0 Å². The molecule has 0 radical (unpaired) electrons. The van der Waals surface area contributed by atoms with Gasteiger partial charge in [0.05, 0.1) is 37.0 Å². The number of rotatable bonds is 2. The van der Waals surface area contributed by atoms with Crippen LogP contribution in [0.5, 0.6) is 0 Å². The fraction of sp³-hybridized carbons (Fsp3) is 0.842. The molecule has 3 heterocycles. The molecule has 26 heavy (non-hydrogen) atoms. The summed E-state index contributed by atoms with van der Waals surface area (Å²) < 4.78 is 11.8. The molecule has 5 rings (SSSR count). The van der Waals surface area contributed by atoms with E-state index >= 15 is 0 Å². The molecular formula is C19H29N5O2. The smallest absolute Gasteiger partial charge is 0.231 e. The molecule has 2 aliphatic carbocycles. The summed E-state index contributed by atoms with van der Waals surface area (Å²) in [6, 6.07) is 0. The topological polar surface area (TPSA) is 63.6 Å². The first-order chi connectivity index (χ1) is 12.6. The Balaban J connectivity index is 1.50. The number of ether oxygens (including phenoxy) is 2. The van der Waals surface area contributed by atoms with Gasteiger partial charge in [0, 0.05) is 13.1 Å². The average Bonchev–Trinajstić information content (AvgIpc) is 2.58. The summed E-state index contributed by atoms with van der Waals surface area (Å²) in [5, 5.41) is 0. The summed E-state index contributed by atoms with van der Waals surface area (Å²) in [7, 11) is 0. The first-order valence-electron chi connectivity index (χ1n) is 10.1. The number of aryl methyl sites for hydroxylation is 1. The second kappa shape index (κ2) is 6.02. The van der Waals surface area contributed by atoms with E-state index in [-0.39, 0.29) is 17.2 Å². The summed E-state index contributed by atoms with van der Waals surface area (Å²) in [4.78, 5) is 19.3. The summed E-state index contributed by atoms with van der Waals surface area (Å²) in [6.07, 6.45) is 7.42. The predicted octanol–water partition coefficient (Wildman–Crippen LogP) is 2.09. The lowest BCUT2D eigenvalue weighted by Crippen LogP contribution is -2.64. The van der Waals surface area contributed by atoms with Gasteiger partial charge in [0.2, 0.25) is 11.9 Å². The number of aromatic nitrogens is 3. The van der Waals surface area contributed by atoms with Crippen molar-refractivity contribution in [3.05, 3.63) is 5.82 Å². The Morgan fingerprint density at radius 2 is 1.58 bits per heavy atom. The third-order valence-corrected chi connectivity index (χ3v) is 6.83. The van der Waals surface area contributed by atoms with Crippen LogP contribution in [-0.2, 0) is 9.47 Å². The molecule has 0 bridgehead atoms. The van der Waals surface area contributed by atoms with E-state index in [9.17, 15) is 0 Å². The predicted molar refractivity (Wildman–Crippen MR) is 98.7 cm³/mol. The zero-order chi connectivity index (χ0) is 17.8. The molecule has 2 aliphatic heterocycles. The summed E-state index contributed by atoms with van der Waals surface area (Å²) in [6.45, 7) is 8.19. The standard InChI is InChI=1S/C19H29N5O2/c1-14-11-24(19(13-26-14)7-4-8-19)17-21-15(2)20-16(22-17)23-9-10-25-12-18(23)5-3-6-18/h14H,3-13H2,1-2H3. The molecule has 4 aliphatic rings. The Bertz CT molecular complexity index is 689. The highest BCUT2D eigenvalue weighted by Crippen LogP contribution is 2.44. The highest BCUT2D eigenvalue weighted by atomic mass is 16.5. The monoisotopic (exact) mass is 359 g/mol. The van der Waals surface area contributed by atoms with Crippen molar-refractivity contribution in [2.24, 2.45) is 0 Å². The maximum absolute atomic E-state index is 5.98. The number of hydrogen-bond acceptors (Lipinski definition) is 7. The molecule has 1 aromatic heterocycles. The minimum atomic E-state index is 0.0940. The van der Waals surface area contributed by atoms with Crippen LogP contribution in [0, 0.1) is 6.92 Å². The SMILES string of the molecule is Cc1nc(N2CCOCC23CCC3)nc(N2CC(C)OCC23CCC3)n1. The lowest BCUT2D eigenvalue weighted by atomic mass is 9.75. The van der Waals surface area contributed by atoms with Crippen molar-refractivity contribution in [2.75, 3.05) is 42.7 Å². The second-order valence-electron chi connectivity index (χ2n) is 8.57. The average molecular weight is 359 g/mol. The quantitative estimate of drug-likeness (QED) is 0.801. The van der Waals surface area contributed by atoms with E-state index in [0.29, 0.717) is 0 Å². The van der Waals surface area contributed by atoms with E-state index in [0.717, 1.165) is 50.6 Å². The van der Waals surface area contributed by atoms with Crippen LogP contribution >= 0.6 is 0 Å². The molecule has 0 aromatic carbocycles. The molecule has 1 unspecified atom stereocenters. The Kier molecular flexibility index (Phi) is 3.87. The van der Waals surface area contributed by atoms with E-state index in [2.05, 4.69) is 16.7 Å². The first kappa shape index (κ1) is 16.7. The van der Waals surface area contributed by atoms with Crippen molar-refractivity contribution in [1.29, 1.82) is 0 Å². The van der Waals surface area contributed by atoms with Crippen molar-refractivity contribution < 1.29 is 9.47 Å². The number of hydrogen-bond donors (Lipinski definition) is 0. The molecule has 2 spiro atoms. The minimum absolute atomic E-state index is 0.0940. The van der Waals surface area contributed by atoms with Crippen LogP contribution in [0.25, 0.3) is 0 Å². The molecule has 4 fully saturated rings. The van der Waals surface area contributed by atoms with E-state index in [1.165, 1.54) is 38.5 Å². The van der Waals surface area contributed by atoms with E-state index in [1.807, 2.05) is 6.92 Å². The van der Waals surface area contributed by atoms with Crippen molar-refractivity contribution >= 4 is 11.9 Å². The lowest BCUT2D eigenvalue weighted by molar-refractivity contribution is -0.0320. The Labute approximate surface area is 155 Å². The van der Waals surface area contributed by atoms with Crippen molar-refractivity contribution in [1.82, 2.24) is 15.0 Å². The third-order valence-electron chi connectivity index (χ3n) is 6.83. The maximum atomic E-state index is 5.98. The summed E-state index contributed by atoms with van der Waals surface area (Å²) in [5.74, 6) is 2.48. The molecule has 1 aromatic rings. The fourth-order valence-electron chi connectivity index (χ4n) is 4.91. The van der Waals surface area contributed by atoms with Crippen LogP contribution in [-0.4, -0.2) is 65.0 Å². The van der Waals surface area contributed by atoms with Gasteiger partial charge in [-0.25, -0.2) is 0 Å². The van der Waals surface area contributed by atoms with Crippen LogP contribution in [0.3, 0.4) is 0 Å². The van der Waals surface area contributed by atoms with Crippen LogP contribution in [0.15, 0.2) is 0 Å². The largest absolute Gasteiger partial charge is 0.377 e. The van der Waals surface area contributed by atoms with Gasteiger partial charge in [0.25, 0.3) is 0 Å². The van der Waals surface area contributed by atoms with Gasteiger partial charge >= 0.3 is 0 Å². The van der Waals surface area contributed by atoms with Crippen molar-refractivity contribution in [3.8, 4) is 0 Å². The van der Waals surface area contributed by atoms with Gasteiger partial charge in [-0.1, -0.05) is 0 Å². The number of nitrogens with zero attached hydrogens (tertiary/aromatic N) is 5. The summed E-state index contributed by atoms with van der Waals surface area (Å²) in [5.41, 5.74) is 0.201. The Hall–Kier alpha value is -1.47. The highest BCUT2D eigenvalue weighted by Gasteiger charge is 2.49. The van der Waals surface area contributed by atoms with Gasteiger partial charge in [0.15, 0.2) is 0 Å². The zero-order valence-corrected chi connectivity index (χ0v) is 15.9. The van der Waals surface area contributed by atoms with E-state index in [1.54, 1.807) is 0 Å². The normalized spacial score (nSPS) is 29.5. The maximum Gasteiger partial charge on any atom is 0.231 e. The highest BCUT2D eigenvalue weighted by molar-refractivity contribution is 5.46. The van der Waals surface area contributed by atoms with Gasteiger partial charge in [-0.3, -0.25) is 0 Å². The van der Waals surface area contributed by atoms with Crippen LogP contribution in [0.2, 0.25) is 0 Å². The molecular weight excluding hydrogens is 330 g/mol. The van der Waals surface area contributed by atoms with Crippen LogP contribution < -0.4 is 9.80 Å². The summed E-state index contributed by atoms with van der Waals surface area (Å²) >= 11 is 0. The van der Waals surface area contributed by atoms with Crippen molar-refractivity contribution in [2.45, 2.75) is 69.6 Å². The minimum Gasteiger partial charge on any atom is -0.377 e. The molecule has 7 heteroatoms. The van der Waals surface area contributed by atoms with Crippen LogP contribution in [0.1, 0.15) is 51.3 Å². The van der Waals surface area contributed by atoms with Gasteiger partial charge in [-0.05, 0) is 52.4 Å². The third kappa shape index (κ3) is 2.51. The van der Waals surface area contributed by atoms with Gasteiger partial charge in [0.1, 0.15) is 5.82 Å². The van der Waals surface area contributed by atoms with E-state index < -0.39 is 0 Å². The molecule has 2 saturated heterocycles. The lowest BCUT2D eigenvalue weighted by Gasteiger charge is -2.54. The Morgan fingerprint density at radius 3 is 2.23 bits per heavy atom. The molecule has 2 saturated carbocycles. The zero-order valence-electron chi connectivity index (χ0n) is 15.9. The first-order valence-corrected chi connectivity index (χ1v) is 10.1. The molecule has 0 amide bonds. The molecule has 1 atom stereocenters. The van der Waals surface area contributed by atoms with Gasteiger partial charge in [-0.2, -0.15) is 15.0 Å². The second-order valence-corrected chi connectivity index (χ2v) is 8.57. The molecule has 7 nitrogen and oxygen atoms in total. The molecule has 0 N–H and O–H groups in total. The number of anilines is 2. The van der Waals surface area contributed by atoms with Gasteiger partial charge in [-0.15, -0.1) is 0 Å². The van der Waals surface area contributed by atoms with Gasteiger partial charge < -0.3 is 19.3 Å². The van der Waals surface area contributed by atoms with E-state index in [4.69, 9.17) is 24.4 Å².